The zero-order valence-corrected chi connectivity index (χ0v) is 25.7. The van der Waals surface area contributed by atoms with Gasteiger partial charge in [0.2, 0.25) is 10.9 Å². The molecule has 0 bridgehead atoms. The van der Waals surface area contributed by atoms with Gasteiger partial charge in [0.05, 0.1) is 22.1 Å². The lowest BCUT2D eigenvalue weighted by molar-refractivity contribution is 0.0684. The third-order valence-corrected chi connectivity index (χ3v) is 8.40. The molecule has 5 heterocycles. The number of pyridine rings is 4. The number of carbonyl (C=O) groups is 2. The fourth-order valence-corrected chi connectivity index (χ4v) is 6.02. The largest absolute Gasteiger partial charge is 0.477 e. The molecule has 1 atom stereocenters. The van der Waals surface area contributed by atoms with E-state index in [-0.39, 0.29) is 52.8 Å². The molecule has 0 aliphatic carbocycles. The molecule has 2 aromatic carbocycles. The maximum atomic E-state index is 15.6. The second kappa shape index (κ2) is 12.3. The van der Waals surface area contributed by atoms with Gasteiger partial charge < -0.3 is 20.4 Å². The zero-order valence-electron chi connectivity index (χ0n) is 25.7. The van der Waals surface area contributed by atoms with Gasteiger partial charge in [-0.2, -0.15) is 0 Å². The van der Waals surface area contributed by atoms with Crippen molar-refractivity contribution in [2.75, 3.05) is 23.3 Å². The normalized spacial score (nSPS) is 14.4. The summed E-state index contributed by atoms with van der Waals surface area (Å²) in [6.07, 6.45) is 2.09. The van der Waals surface area contributed by atoms with Crippen molar-refractivity contribution < 1.29 is 41.8 Å². The number of aromatic carboxylic acids is 2. The topological polar surface area (TPSA) is 160 Å². The lowest BCUT2D eigenvalue weighted by atomic mass is 10.1. The first-order chi connectivity index (χ1) is 24.3. The Balaban J connectivity index is 1.25. The predicted molar refractivity (Wildman–Crippen MR) is 173 cm³/mol. The van der Waals surface area contributed by atoms with Crippen molar-refractivity contribution in [2.45, 2.75) is 12.5 Å². The molecule has 4 aromatic heterocycles. The lowest BCUT2D eigenvalue weighted by Gasteiger charge is -2.21. The van der Waals surface area contributed by atoms with Gasteiger partial charge in [0.25, 0.3) is 0 Å². The number of halogens is 5. The highest BCUT2D eigenvalue weighted by atomic mass is 19.1. The van der Waals surface area contributed by atoms with Crippen LogP contribution in [0.5, 0.6) is 0 Å². The molecule has 1 aliphatic heterocycles. The van der Waals surface area contributed by atoms with E-state index < -0.39 is 74.4 Å². The first-order valence-corrected chi connectivity index (χ1v) is 15.0. The molecule has 1 saturated heterocycles. The van der Waals surface area contributed by atoms with Gasteiger partial charge in [0, 0.05) is 43.7 Å². The molecule has 3 N–H and O–H groups in total. The van der Waals surface area contributed by atoms with E-state index in [1.165, 1.54) is 17.0 Å². The molecule has 0 spiro atoms. The number of nitrogens with zero attached hydrogens (tertiary/aromatic N) is 5. The monoisotopic (exact) mass is 704 g/mol. The Labute approximate surface area is 281 Å². The Morgan fingerprint density at radius 3 is 1.80 bits per heavy atom. The minimum absolute atomic E-state index is 0.0921. The number of carboxylic acids is 2. The quantitative estimate of drug-likeness (QED) is 0.196. The van der Waals surface area contributed by atoms with Crippen LogP contribution in [0.15, 0.2) is 76.6 Å². The number of carboxylic acid groups (broad SMARTS) is 2. The average Bonchev–Trinajstić information content (AvgIpc) is 3.53. The van der Waals surface area contributed by atoms with Crippen molar-refractivity contribution in [3.63, 3.8) is 0 Å². The van der Waals surface area contributed by atoms with Gasteiger partial charge in [0.15, 0.2) is 22.9 Å². The molecule has 17 heteroatoms. The van der Waals surface area contributed by atoms with Crippen LogP contribution in [0.2, 0.25) is 0 Å². The molecule has 0 amide bonds. The Morgan fingerprint density at radius 2 is 1.25 bits per heavy atom. The lowest BCUT2D eigenvalue weighted by Crippen LogP contribution is -2.28. The Bertz CT molecular complexity index is 2590. The van der Waals surface area contributed by atoms with Crippen LogP contribution in [0.3, 0.4) is 0 Å². The fraction of sp³-hybridized carbons (Fsp3) is 0.118. The number of nitrogens with one attached hydrogen (secondary N) is 1. The van der Waals surface area contributed by atoms with E-state index in [0.29, 0.717) is 18.6 Å². The molecule has 12 nitrogen and oxygen atoms in total. The van der Waals surface area contributed by atoms with E-state index in [1.54, 1.807) is 0 Å². The predicted octanol–water partition coefficient (Wildman–Crippen LogP) is 4.87. The second-order valence-electron chi connectivity index (χ2n) is 11.6. The van der Waals surface area contributed by atoms with Crippen molar-refractivity contribution in [3.05, 3.63) is 128 Å². The molecule has 0 saturated carbocycles. The number of benzene rings is 2. The van der Waals surface area contributed by atoms with Crippen LogP contribution in [0.4, 0.5) is 33.6 Å². The molecule has 258 valence electrons. The SMILES string of the molecule is O=C(O)c1cn(-c2ccc(F)cc2F)c2nc(NC3CCN(c4nc5c(cc4F)c(=O)c(C(=O)O)cn5-c4ccc(F)cc4F)C3)ccc2c1=O. The maximum absolute atomic E-state index is 15.6. The summed E-state index contributed by atoms with van der Waals surface area (Å²) in [5, 5.41) is 21.7. The van der Waals surface area contributed by atoms with Crippen LogP contribution in [0, 0.1) is 29.1 Å². The van der Waals surface area contributed by atoms with Crippen molar-refractivity contribution >= 4 is 45.6 Å². The first-order valence-electron chi connectivity index (χ1n) is 15.0. The second-order valence-corrected chi connectivity index (χ2v) is 11.6. The number of anilines is 2. The van der Waals surface area contributed by atoms with E-state index in [1.807, 2.05) is 0 Å². The summed E-state index contributed by atoms with van der Waals surface area (Å²) in [7, 11) is 0. The molecular weight excluding hydrogens is 683 g/mol. The Morgan fingerprint density at radius 1 is 0.706 bits per heavy atom. The summed E-state index contributed by atoms with van der Waals surface area (Å²) < 4.78 is 74.6. The van der Waals surface area contributed by atoms with Gasteiger partial charge in [0.1, 0.15) is 40.2 Å². The third kappa shape index (κ3) is 5.77. The van der Waals surface area contributed by atoms with Crippen LogP contribution >= 0.6 is 0 Å². The van der Waals surface area contributed by atoms with Crippen LogP contribution in [0.25, 0.3) is 33.4 Å². The van der Waals surface area contributed by atoms with Crippen LogP contribution in [-0.4, -0.2) is 60.4 Å². The molecule has 1 fully saturated rings. The number of hydrogen-bond acceptors (Lipinski definition) is 8. The van der Waals surface area contributed by atoms with Crippen LogP contribution in [-0.2, 0) is 0 Å². The van der Waals surface area contributed by atoms with E-state index >= 15 is 4.39 Å². The van der Waals surface area contributed by atoms with Crippen molar-refractivity contribution in [1.29, 1.82) is 0 Å². The number of fused-ring (bicyclic) bond motifs is 2. The van der Waals surface area contributed by atoms with E-state index in [4.69, 9.17) is 0 Å². The highest BCUT2D eigenvalue weighted by Gasteiger charge is 2.29. The van der Waals surface area contributed by atoms with E-state index in [0.717, 1.165) is 51.9 Å². The number of aromatic nitrogens is 4. The minimum atomic E-state index is -1.65. The van der Waals surface area contributed by atoms with Crippen molar-refractivity contribution in [2.24, 2.45) is 0 Å². The fourth-order valence-electron chi connectivity index (χ4n) is 6.02. The molecule has 51 heavy (non-hydrogen) atoms. The van der Waals surface area contributed by atoms with Crippen LogP contribution < -0.4 is 21.1 Å². The van der Waals surface area contributed by atoms with Crippen LogP contribution in [0.1, 0.15) is 27.1 Å². The standard InChI is InChI=1S/C34H21F5N6O6/c35-15-1-4-25(22(37)9-15)44-13-20(33(48)49)28(46)18-3-6-27(41-30(18)44)40-17-7-8-43(12-17)32-24(39)11-19-29(47)21(34(50)51)14-45(31(19)42-32)26-5-2-16(36)10-23(26)38/h1-6,9-11,13-14,17H,7-8,12H2,(H,40,41)(H,48,49)(H,50,51). The third-order valence-electron chi connectivity index (χ3n) is 8.40. The molecule has 0 radical (unpaired) electrons. The summed E-state index contributed by atoms with van der Waals surface area (Å²) in [5.41, 5.74) is -4.44. The molecule has 7 rings (SSSR count). The van der Waals surface area contributed by atoms with E-state index in [9.17, 15) is 47.0 Å². The summed E-state index contributed by atoms with van der Waals surface area (Å²) in [6.45, 7) is 0.297. The van der Waals surface area contributed by atoms with Gasteiger partial charge in [-0.15, -0.1) is 0 Å². The molecule has 1 unspecified atom stereocenters. The minimum Gasteiger partial charge on any atom is -0.477 e. The van der Waals surface area contributed by atoms with Crippen molar-refractivity contribution in [1.82, 2.24) is 19.1 Å². The van der Waals surface area contributed by atoms with Crippen molar-refractivity contribution in [3.8, 4) is 11.4 Å². The summed E-state index contributed by atoms with van der Waals surface area (Å²) >= 11 is 0. The molecule has 6 aromatic rings. The summed E-state index contributed by atoms with van der Waals surface area (Å²) in [6, 6.07) is 8.16. The first kappa shape index (κ1) is 32.9. The highest BCUT2D eigenvalue weighted by Crippen LogP contribution is 2.29. The number of hydrogen-bond donors (Lipinski definition) is 3. The number of rotatable bonds is 7. The summed E-state index contributed by atoms with van der Waals surface area (Å²) in [5.74, 6) is -8.20. The molecule has 1 aliphatic rings. The average molecular weight is 705 g/mol. The Hall–Kier alpha value is -6.65. The van der Waals surface area contributed by atoms with Gasteiger partial charge >= 0.3 is 11.9 Å². The van der Waals surface area contributed by atoms with Gasteiger partial charge in [-0.3, -0.25) is 18.7 Å². The van der Waals surface area contributed by atoms with E-state index in [2.05, 4.69) is 15.3 Å². The smallest absolute Gasteiger partial charge is 0.341 e. The maximum Gasteiger partial charge on any atom is 0.341 e. The molecular formula is C34H21F5N6O6. The summed E-state index contributed by atoms with van der Waals surface area (Å²) in [4.78, 5) is 59.8. The van der Waals surface area contributed by atoms with Gasteiger partial charge in [-0.1, -0.05) is 0 Å². The van der Waals surface area contributed by atoms with Gasteiger partial charge in [-0.25, -0.2) is 41.5 Å². The zero-order chi connectivity index (χ0) is 36.3. The van der Waals surface area contributed by atoms with Gasteiger partial charge in [-0.05, 0) is 48.9 Å². The highest BCUT2D eigenvalue weighted by molar-refractivity contribution is 5.93. The Kier molecular flexibility index (Phi) is 7.96.